The summed E-state index contributed by atoms with van der Waals surface area (Å²) < 4.78 is 12.3. The summed E-state index contributed by atoms with van der Waals surface area (Å²) in [5.74, 6) is 0.783. The Bertz CT molecular complexity index is 1550. The molecule has 1 amide bonds. The minimum atomic E-state index is -1.21. The molecule has 2 aromatic carbocycles. The SMILES string of the molecule is COCOc1cc(N2CCN(C)CC2)ccc1Nc1ncc2ncc(=O)n(-c3cccc(NC(=O)O)c3)c2n1. The summed E-state index contributed by atoms with van der Waals surface area (Å²) in [4.78, 5) is 41.7. The lowest BCUT2D eigenvalue weighted by Crippen LogP contribution is -2.44. The Balaban J connectivity index is 1.50. The fraction of sp³-hybridized carbons (Fsp3) is 0.269. The number of carbonyl (C=O) groups is 1. The van der Waals surface area contributed by atoms with Gasteiger partial charge in [0.2, 0.25) is 5.95 Å². The summed E-state index contributed by atoms with van der Waals surface area (Å²) in [5, 5.41) is 14.5. The van der Waals surface area contributed by atoms with E-state index in [0.717, 1.165) is 31.9 Å². The number of ether oxygens (including phenoxy) is 2. The maximum Gasteiger partial charge on any atom is 0.409 e. The minimum absolute atomic E-state index is 0.0592. The molecule has 0 aliphatic carbocycles. The van der Waals surface area contributed by atoms with E-state index in [1.165, 1.54) is 23.0 Å². The zero-order chi connectivity index (χ0) is 27.4. The molecule has 13 nitrogen and oxygen atoms in total. The highest BCUT2D eigenvalue weighted by molar-refractivity contribution is 5.83. The van der Waals surface area contributed by atoms with Crippen molar-refractivity contribution in [2.75, 3.05) is 62.7 Å². The summed E-state index contributed by atoms with van der Waals surface area (Å²) in [7, 11) is 3.66. The Morgan fingerprint density at radius 2 is 1.87 bits per heavy atom. The molecule has 5 rings (SSSR count). The third kappa shape index (κ3) is 5.89. The van der Waals surface area contributed by atoms with Crippen LogP contribution in [0.2, 0.25) is 0 Å². The van der Waals surface area contributed by atoms with E-state index in [2.05, 4.69) is 42.4 Å². The van der Waals surface area contributed by atoms with Crippen molar-refractivity contribution in [3.8, 4) is 11.4 Å². The molecule has 0 spiro atoms. The van der Waals surface area contributed by atoms with Gasteiger partial charge in [0.25, 0.3) is 5.56 Å². The van der Waals surface area contributed by atoms with Crippen LogP contribution in [0.25, 0.3) is 16.9 Å². The van der Waals surface area contributed by atoms with E-state index in [9.17, 15) is 9.59 Å². The number of nitrogens with zero attached hydrogens (tertiary/aromatic N) is 6. The molecule has 1 aliphatic rings. The number of piperazine rings is 1. The van der Waals surface area contributed by atoms with Crippen LogP contribution < -0.4 is 25.8 Å². The summed E-state index contributed by atoms with van der Waals surface area (Å²) in [5.41, 5.74) is 2.59. The second-order valence-electron chi connectivity index (χ2n) is 8.96. The molecule has 4 aromatic rings. The Hall–Kier alpha value is -4.75. The minimum Gasteiger partial charge on any atom is -0.465 e. The smallest absolute Gasteiger partial charge is 0.409 e. The number of benzene rings is 2. The van der Waals surface area contributed by atoms with Gasteiger partial charge in [0.05, 0.1) is 23.8 Å². The van der Waals surface area contributed by atoms with E-state index in [1.54, 1.807) is 25.3 Å². The Labute approximate surface area is 223 Å². The Morgan fingerprint density at radius 3 is 2.64 bits per heavy atom. The second-order valence-corrected chi connectivity index (χ2v) is 8.96. The van der Waals surface area contributed by atoms with Gasteiger partial charge in [-0.1, -0.05) is 6.07 Å². The van der Waals surface area contributed by atoms with Gasteiger partial charge in [-0.15, -0.1) is 0 Å². The summed E-state index contributed by atoms with van der Waals surface area (Å²) in [6.45, 7) is 3.83. The molecule has 13 heteroatoms. The number of anilines is 4. The fourth-order valence-electron chi connectivity index (χ4n) is 4.30. The molecule has 202 valence electrons. The van der Waals surface area contributed by atoms with Crippen LogP contribution in [-0.2, 0) is 4.74 Å². The molecule has 0 atom stereocenters. The number of rotatable bonds is 8. The first-order valence-electron chi connectivity index (χ1n) is 12.2. The zero-order valence-corrected chi connectivity index (χ0v) is 21.5. The molecule has 0 bridgehead atoms. The highest BCUT2D eigenvalue weighted by atomic mass is 16.7. The normalized spacial score (nSPS) is 13.8. The van der Waals surface area contributed by atoms with Crippen LogP contribution in [0.5, 0.6) is 5.75 Å². The van der Waals surface area contributed by atoms with Gasteiger partial charge in [0.15, 0.2) is 12.4 Å². The maximum atomic E-state index is 12.9. The lowest BCUT2D eigenvalue weighted by Gasteiger charge is -2.34. The van der Waals surface area contributed by atoms with Crippen molar-refractivity contribution < 1.29 is 19.4 Å². The zero-order valence-electron chi connectivity index (χ0n) is 21.5. The van der Waals surface area contributed by atoms with Crippen LogP contribution in [0.4, 0.5) is 27.8 Å². The van der Waals surface area contributed by atoms with Crippen LogP contribution in [0.3, 0.4) is 0 Å². The van der Waals surface area contributed by atoms with E-state index in [4.69, 9.17) is 14.6 Å². The molecule has 0 radical (unpaired) electrons. The summed E-state index contributed by atoms with van der Waals surface area (Å²) in [6.07, 6.45) is 1.47. The first-order valence-corrected chi connectivity index (χ1v) is 12.2. The number of aromatic nitrogens is 4. The van der Waals surface area contributed by atoms with Gasteiger partial charge >= 0.3 is 6.09 Å². The Morgan fingerprint density at radius 1 is 1.05 bits per heavy atom. The first-order chi connectivity index (χ1) is 18.9. The molecule has 3 N–H and O–H groups in total. The molecule has 2 aromatic heterocycles. The van der Waals surface area contributed by atoms with Crippen molar-refractivity contribution in [2.24, 2.45) is 0 Å². The number of carboxylic acid groups (broad SMARTS) is 1. The molecule has 39 heavy (non-hydrogen) atoms. The van der Waals surface area contributed by atoms with Crippen molar-refractivity contribution >= 4 is 40.3 Å². The van der Waals surface area contributed by atoms with Crippen molar-refractivity contribution in [3.63, 3.8) is 0 Å². The van der Waals surface area contributed by atoms with Crippen LogP contribution in [0.1, 0.15) is 0 Å². The van der Waals surface area contributed by atoms with Crippen LogP contribution in [0.15, 0.2) is 59.7 Å². The predicted octanol–water partition coefficient (Wildman–Crippen LogP) is 2.74. The van der Waals surface area contributed by atoms with Crippen molar-refractivity contribution in [2.45, 2.75) is 0 Å². The van der Waals surface area contributed by atoms with Gasteiger partial charge in [-0.3, -0.25) is 14.7 Å². The molecule has 1 fully saturated rings. The first kappa shape index (κ1) is 25.9. The fourth-order valence-corrected chi connectivity index (χ4v) is 4.30. The van der Waals surface area contributed by atoms with Crippen LogP contribution in [-0.4, -0.2) is 82.7 Å². The number of fused-ring (bicyclic) bond motifs is 1. The van der Waals surface area contributed by atoms with Crippen molar-refractivity contribution in [1.82, 2.24) is 24.4 Å². The monoisotopic (exact) mass is 532 g/mol. The average Bonchev–Trinajstić information content (AvgIpc) is 2.92. The Kier molecular flexibility index (Phi) is 7.52. The lowest BCUT2D eigenvalue weighted by molar-refractivity contribution is 0.0516. The molecular weight excluding hydrogens is 504 g/mol. The predicted molar refractivity (Wildman–Crippen MR) is 147 cm³/mol. The molecular formula is C26H28N8O5. The molecule has 3 heterocycles. The number of hydrogen-bond donors (Lipinski definition) is 3. The number of amides is 1. The quantitative estimate of drug-likeness (QED) is 0.288. The topological polar surface area (TPSA) is 147 Å². The summed E-state index contributed by atoms with van der Waals surface area (Å²) >= 11 is 0. The standard InChI is InChI=1S/C26H28N8O5/c1-32-8-10-33(11-9-32)18-6-7-20(22(13-18)39-16-38-2)30-25-28-14-21-24(31-25)34(23(35)15-27-21)19-5-3-4-17(12-19)29-26(36)37/h3-7,12-15,29H,8-11,16H2,1-2H3,(H,36,37)(H,28,30,31). The highest BCUT2D eigenvalue weighted by Crippen LogP contribution is 2.32. The average molecular weight is 533 g/mol. The third-order valence-electron chi connectivity index (χ3n) is 6.26. The van der Waals surface area contributed by atoms with Gasteiger partial charge in [0.1, 0.15) is 11.3 Å². The number of nitrogens with one attached hydrogen (secondary N) is 2. The lowest BCUT2D eigenvalue weighted by atomic mass is 10.2. The van der Waals surface area contributed by atoms with E-state index in [1.807, 2.05) is 18.2 Å². The molecule has 1 aliphatic heterocycles. The molecule has 0 unspecified atom stereocenters. The number of hydrogen-bond acceptors (Lipinski definition) is 10. The molecule has 0 saturated carbocycles. The van der Waals surface area contributed by atoms with E-state index in [-0.39, 0.29) is 18.4 Å². The van der Waals surface area contributed by atoms with E-state index in [0.29, 0.717) is 28.3 Å². The van der Waals surface area contributed by atoms with Crippen molar-refractivity contribution in [1.29, 1.82) is 0 Å². The van der Waals surface area contributed by atoms with Gasteiger partial charge in [-0.2, -0.15) is 4.98 Å². The van der Waals surface area contributed by atoms with Crippen molar-refractivity contribution in [3.05, 3.63) is 65.2 Å². The van der Waals surface area contributed by atoms with Gasteiger partial charge in [-0.05, 0) is 37.4 Å². The van der Waals surface area contributed by atoms with E-state index >= 15 is 0 Å². The van der Waals surface area contributed by atoms with Gasteiger partial charge in [0, 0.05) is 50.7 Å². The number of methoxy groups -OCH3 is 1. The van der Waals surface area contributed by atoms with Crippen LogP contribution in [0, 0.1) is 0 Å². The molecule has 1 saturated heterocycles. The summed E-state index contributed by atoms with van der Waals surface area (Å²) in [6, 6.07) is 12.3. The second kappa shape index (κ2) is 11.3. The maximum absolute atomic E-state index is 12.9. The number of likely N-dealkylation sites (N-methyl/N-ethyl adjacent to an activating group) is 1. The van der Waals surface area contributed by atoms with Gasteiger partial charge in [-0.25, -0.2) is 14.8 Å². The van der Waals surface area contributed by atoms with Gasteiger partial charge < -0.3 is 29.7 Å². The highest BCUT2D eigenvalue weighted by Gasteiger charge is 2.17. The van der Waals surface area contributed by atoms with Crippen LogP contribution >= 0.6 is 0 Å². The third-order valence-corrected chi connectivity index (χ3v) is 6.26. The van der Waals surface area contributed by atoms with E-state index < -0.39 is 11.7 Å². The largest absolute Gasteiger partial charge is 0.465 e.